The molecule has 0 aromatic heterocycles. The van der Waals surface area contributed by atoms with E-state index in [1.54, 1.807) is 0 Å². The van der Waals surface area contributed by atoms with Gasteiger partial charge in [0.05, 0.1) is 29.4 Å². The number of nitrogens with two attached hydrogens (primary N) is 1. The van der Waals surface area contributed by atoms with Crippen molar-refractivity contribution in [3.8, 4) is 6.07 Å². The number of hydrogen-bond acceptors (Lipinski definition) is 5. The Hall–Kier alpha value is -1.17. The van der Waals surface area contributed by atoms with Crippen LogP contribution in [0, 0.1) is 11.3 Å². The molecule has 1 unspecified atom stereocenters. The first-order valence-electron chi connectivity index (χ1n) is 6.00. The molecule has 1 aromatic carbocycles. The van der Waals surface area contributed by atoms with Gasteiger partial charge in [-0.25, -0.2) is 8.42 Å². The number of morpholine rings is 1. The molecule has 0 radical (unpaired) electrons. The zero-order valence-corrected chi connectivity index (χ0v) is 12.2. The fourth-order valence-electron chi connectivity index (χ4n) is 1.96. The Balaban J connectivity index is 2.37. The molecule has 1 heterocycles. The van der Waals surface area contributed by atoms with Crippen molar-refractivity contribution in [3.63, 3.8) is 0 Å². The van der Waals surface area contributed by atoms with Gasteiger partial charge in [-0.1, -0.05) is 11.6 Å². The van der Waals surface area contributed by atoms with Crippen LogP contribution in [0.15, 0.2) is 23.1 Å². The number of benzene rings is 1. The predicted molar refractivity (Wildman–Crippen MR) is 73.7 cm³/mol. The van der Waals surface area contributed by atoms with Gasteiger partial charge >= 0.3 is 0 Å². The molecule has 0 spiro atoms. The van der Waals surface area contributed by atoms with Crippen molar-refractivity contribution in [3.05, 3.63) is 28.8 Å². The van der Waals surface area contributed by atoms with Gasteiger partial charge in [0.25, 0.3) is 0 Å². The van der Waals surface area contributed by atoms with Crippen LogP contribution in [0.1, 0.15) is 5.56 Å². The predicted octanol–water partition coefficient (Wildman–Crippen LogP) is 0.560. The molecule has 0 bridgehead atoms. The van der Waals surface area contributed by atoms with Crippen molar-refractivity contribution < 1.29 is 13.2 Å². The van der Waals surface area contributed by atoms with E-state index in [-0.39, 0.29) is 47.8 Å². The summed E-state index contributed by atoms with van der Waals surface area (Å²) in [6, 6.07) is 6.07. The summed E-state index contributed by atoms with van der Waals surface area (Å²) in [4.78, 5) is -0.0594. The highest BCUT2D eigenvalue weighted by atomic mass is 35.5. The minimum Gasteiger partial charge on any atom is -0.374 e. The Morgan fingerprint density at radius 2 is 2.30 bits per heavy atom. The van der Waals surface area contributed by atoms with E-state index in [1.807, 2.05) is 6.07 Å². The van der Waals surface area contributed by atoms with E-state index in [0.29, 0.717) is 0 Å². The SMILES string of the molecule is N#Cc1ccc(Cl)c(S(=O)(=O)N2CCOC(CN)C2)c1. The number of nitriles is 1. The van der Waals surface area contributed by atoms with Crippen molar-refractivity contribution in [2.24, 2.45) is 5.73 Å². The molecule has 6 nitrogen and oxygen atoms in total. The van der Waals surface area contributed by atoms with E-state index < -0.39 is 10.0 Å². The summed E-state index contributed by atoms with van der Waals surface area (Å²) in [5.74, 6) is 0. The molecule has 20 heavy (non-hydrogen) atoms. The van der Waals surface area contributed by atoms with Crippen molar-refractivity contribution in [2.45, 2.75) is 11.0 Å². The zero-order chi connectivity index (χ0) is 14.8. The van der Waals surface area contributed by atoms with E-state index in [2.05, 4.69) is 0 Å². The van der Waals surface area contributed by atoms with Crippen molar-refractivity contribution in [2.75, 3.05) is 26.2 Å². The van der Waals surface area contributed by atoms with Gasteiger partial charge in [0.1, 0.15) is 4.90 Å². The number of sulfonamides is 1. The molecular weight excluding hydrogens is 302 g/mol. The van der Waals surface area contributed by atoms with Crippen LogP contribution in [0.3, 0.4) is 0 Å². The maximum atomic E-state index is 12.6. The quantitative estimate of drug-likeness (QED) is 0.879. The third-order valence-corrected chi connectivity index (χ3v) is 5.39. The maximum Gasteiger partial charge on any atom is 0.244 e. The Kier molecular flexibility index (Phi) is 4.62. The van der Waals surface area contributed by atoms with Gasteiger partial charge in [0, 0.05) is 19.6 Å². The molecule has 1 fully saturated rings. The summed E-state index contributed by atoms with van der Waals surface area (Å²) < 4.78 is 31.8. The lowest BCUT2D eigenvalue weighted by Crippen LogP contribution is -2.48. The molecule has 1 atom stereocenters. The fourth-order valence-corrected chi connectivity index (χ4v) is 3.92. The van der Waals surface area contributed by atoms with Crippen molar-refractivity contribution in [1.29, 1.82) is 5.26 Å². The summed E-state index contributed by atoms with van der Waals surface area (Å²) in [5, 5.41) is 8.97. The smallest absolute Gasteiger partial charge is 0.244 e. The maximum absolute atomic E-state index is 12.6. The summed E-state index contributed by atoms with van der Waals surface area (Å²) in [6.07, 6.45) is -0.323. The van der Waals surface area contributed by atoms with Gasteiger partial charge < -0.3 is 10.5 Å². The van der Waals surface area contributed by atoms with Gasteiger partial charge in [-0.15, -0.1) is 0 Å². The first-order valence-corrected chi connectivity index (χ1v) is 7.82. The molecule has 1 saturated heterocycles. The Labute approximate surface area is 122 Å². The van der Waals surface area contributed by atoms with Crippen LogP contribution in [-0.4, -0.2) is 45.1 Å². The molecule has 0 aliphatic carbocycles. The lowest BCUT2D eigenvalue weighted by molar-refractivity contribution is 0.00451. The topological polar surface area (TPSA) is 96.4 Å². The first-order chi connectivity index (χ1) is 9.48. The Bertz CT molecular complexity index is 642. The van der Waals surface area contributed by atoms with Crippen LogP contribution in [0.4, 0.5) is 0 Å². The third-order valence-electron chi connectivity index (χ3n) is 3.04. The second-order valence-electron chi connectivity index (χ2n) is 4.35. The molecule has 1 aromatic rings. The largest absolute Gasteiger partial charge is 0.374 e. The number of halogens is 1. The Morgan fingerprint density at radius 1 is 1.55 bits per heavy atom. The lowest BCUT2D eigenvalue weighted by Gasteiger charge is -2.31. The fraction of sp³-hybridized carbons (Fsp3) is 0.417. The van der Waals surface area contributed by atoms with Gasteiger partial charge in [0.2, 0.25) is 10.0 Å². The third kappa shape index (κ3) is 2.95. The van der Waals surface area contributed by atoms with Gasteiger partial charge in [0.15, 0.2) is 0 Å². The van der Waals surface area contributed by atoms with Crippen LogP contribution < -0.4 is 5.73 Å². The highest BCUT2D eigenvalue weighted by molar-refractivity contribution is 7.89. The van der Waals surface area contributed by atoms with E-state index in [4.69, 9.17) is 27.3 Å². The molecule has 8 heteroatoms. The minimum absolute atomic E-state index is 0.0594. The zero-order valence-electron chi connectivity index (χ0n) is 10.6. The van der Waals surface area contributed by atoms with E-state index in [9.17, 15) is 8.42 Å². The van der Waals surface area contributed by atoms with E-state index in [0.717, 1.165) is 0 Å². The summed E-state index contributed by atoms with van der Waals surface area (Å²) in [7, 11) is -3.75. The molecule has 2 N–H and O–H groups in total. The highest BCUT2D eigenvalue weighted by Crippen LogP contribution is 2.26. The van der Waals surface area contributed by atoms with Gasteiger partial charge in [-0.2, -0.15) is 9.57 Å². The first kappa shape index (κ1) is 15.2. The average molecular weight is 316 g/mol. The average Bonchev–Trinajstić information content (AvgIpc) is 2.47. The van der Waals surface area contributed by atoms with Crippen LogP contribution in [0.25, 0.3) is 0 Å². The van der Waals surface area contributed by atoms with E-state index in [1.165, 1.54) is 22.5 Å². The Morgan fingerprint density at radius 3 is 2.95 bits per heavy atom. The summed E-state index contributed by atoms with van der Waals surface area (Å²) >= 11 is 5.96. The normalized spacial score (nSPS) is 20.6. The van der Waals surface area contributed by atoms with Gasteiger partial charge in [-0.3, -0.25) is 0 Å². The van der Waals surface area contributed by atoms with Crippen molar-refractivity contribution in [1.82, 2.24) is 4.31 Å². The molecule has 2 rings (SSSR count). The van der Waals surface area contributed by atoms with E-state index >= 15 is 0 Å². The number of rotatable bonds is 3. The lowest BCUT2D eigenvalue weighted by atomic mass is 10.2. The highest BCUT2D eigenvalue weighted by Gasteiger charge is 2.31. The standard InChI is InChI=1S/C12H14ClN3O3S/c13-11-2-1-9(6-14)5-12(11)20(17,18)16-3-4-19-10(7-15)8-16/h1-2,5,10H,3-4,7-8,15H2. The number of ether oxygens (including phenoxy) is 1. The molecule has 0 amide bonds. The minimum atomic E-state index is -3.75. The van der Waals surface area contributed by atoms with Crippen LogP contribution in [0.2, 0.25) is 5.02 Å². The second-order valence-corrected chi connectivity index (χ2v) is 6.66. The molecule has 0 saturated carbocycles. The second kappa shape index (κ2) is 6.08. The molecular formula is C12H14ClN3O3S. The molecule has 1 aliphatic rings. The molecule has 1 aliphatic heterocycles. The van der Waals surface area contributed by atoms with Gasteiger partial charge in [-0.05, 0) is 18.2 Å². The van der Waals surface area contributed by atoms with Crippen LogP contribution in [-0.2, 0) is 14.8 Å². The number of nitrogens with zero attached hydrogens (tertiary/aromatic N) is 2. The monoisotopic (exact) mass is 315 g/mol. The summed E-state index contributed by atoms with van der Waals surface area (Å²) in [5.41, 5.74) is 5.75. The molecule has 108 valence electrons. The van der Waals surface area contributed by atoms with Crippen LogP contribution in [0.5, 0.6) is 0 Å². The summed E-state index contributed by atoms with van der Waals surface area (Å²) in [6.45, 7) is 0.965. The van der Waals surface area contributed by atoms with Crippen molar-refractivity contribution >= 4 is 21.6 Å². The number of hydrogen-bond donors (Lipinski definition) is 1. The van der Waals surface area contributed by atoms with Crippen LogP contribution >= 0.6 is 11.6 Å².